The molecule has 17 heavy (non-hydrogen) atoms. The first-order chi connectivity index (χ1) is 7.85. The maximum Gasteiger partial charge on any atom is 0.304 e. The van der Waals surface area contributed by atoms with Gasteiger partial charge in [0, 0.05) is 18.0 Å². The molecule has 0 atom stereocenters. The van der Waals surface area contributed by atoms with Crippen LogP contribution >= 0.6 is 11.6 Å². The van der Waals surface area contributed by atoms with Crippen molar-refractivity contribution in [3.63, 3.8) is 0 Å². The monoisotopic (exact) mass is 282 g/mol. The van der Waals surface area contributed by atoms with E-state index in [1.165, 1.54) is 0 Å². The Morgan fingerprint density at radius 3 is 2.59 bits per heavy atom. The molecular weight excluding hydrogens is 275 g/mol. The van der Waals surface area contributed by atoms with Crippen LogP contribution in [-0.2, 0) is 10.0 Å². The molecule has 1 aromatic carbocycles. The number of sulfonamides is 1. The lowest BCUT2D eigenvalue weighted by Gasteiger charge is -2.06. The second kappa shape index (κ2) is 5.28. The maximum absolute atomic E-state index is 13.2. The molecule has 6 nitrogen and oxygen atoms in total. The van der Waals surface area contributed by atoms with Crippen molar-refractivity contribution in [3.05, 3.63) is 34.1 Å². The summed E-state index contributed by atoms with van der Waals surface area (Å²) in [4.78, 5) is 9.43. The van der Waals surface area contributed by atoms with Gasteiger partial charge in [0.05, 0.1) is 16.4 Å². The summed E-state index contributed by atoms with van der Waals surface area (Å²) < 4.78 is 37.8. The zero-order valence-electron chi connectivity index (χ0n) is 8.39. The van der Waals surface area contributed by atoms with Crippen molar-refractivity contribution in [2.75, 3.05) is 16.4 Å². The van der Waals surface area contributed by atoms with Gasteiger partial charge in [-0.15, -0.1) is 11.6 Å². The molecule has 0 aromatic heterocycles. The number of benzene rings is 1. The first-order valence-corrected chi connectivity index (χ1v) is 6.55. The first-order valence-electron chi connectivity index (χ1n) is 4.36. The second-order valence-electron chi connectivity index (χ2n) is 3.03. The fourth-order valence-electron chi connectivity index (χ4n) is 1.05. The van der Waals surface area contributed by atoms with Crippen molar-refractivity contribution in [1.29, 1.82) is 0 Å². The van der Waals surface area contributed by atoms with E-state index < -0.39 is 26.5 Å². The van der Waals surface area contributed by atoms with Gasteiger partial charge in [0.15, 0.2) is 0 Å². The number of nitrogens with zero attached hydrogens (tertiary/aromatic N) is 1. The van der Waals surface area contributed by atoms with Gasteiger partial charge < -0.3 is 0 Å². The summed E-state index contributed by atoms with van der Waals surface area (Å²) in [7, 11) is -3.65. The molecule has 0 heterocycles. The fourth-order valence-corrected chi connectivity index (χ4v) is 2.45. The lowest BCUT2D eigenvalue weighted by atomic mass is 10.3. The van der Waals surface area contributed by atoms with Crippen molar-refractivity contribution in [3.8, 4) is 0 Å². The number of hydrogen-bond acceptors (Lipinski definition) is 4. The molecule has 0 aliphatic heterocycles. The lowest BCUT2D eigenvalue weighted by molar-refractivity contribution is -0.387. The van der Waals surface area contributed by atoms with Crippen LogP contribution in [0.25, 0.3) is 0 Å². The summed E-state index contributed by atoms with van der Waals surface area (Å²) in [5.74, 6) is -1.54. The van der Waals surface area contributed by atoms with E-state index in [9.17, 15) is 22.9 Å². The van der Waals surface area contributed by atoms with E-state index >= 15 is 0 Å². The Morgan fingerprint density at radius 1 is 1.47 bits per heavy atom. The van der Waals surface area contributed by atoms with Crippen LogP contribution in [-0.4, -0.2) is 25.0 Å². The Morgan fingerprint density at radius 2 is 2.12 bits per heavy atom. The van der Waals surface area contributed by atoms with Crippen LogP contribution in [0.4, 0.5) is 15.8 Å². The molecule has 1 N–H and O–H groups in total. The molecule has 0 fully saturated rings. The summed E-state index contributed by atoms with van der Waals surface area (Å²) in [6.07, 6.45) is 0. The Kier molecular flexibility index (Phi) is 4.24. The fraction of sp³-hybridized carbons (Fsp3) is 0.250. The van der Waals surface area contributed by atoms with E-state index in [0.717, 1.165) is 18.2 Å². The highest BCUT2D eigenvalue weighted by Gasteiger charge is 2.16. The molecule has 0 amide bonds. The summed E-state index contributed by atoms with van der Waals surface area (Å²) in [6, 6.07) is 2.73. The number of nitrogens with one attached hydrogen (secondary N) is 1. The molecule has 1 aromatic rings. The molecule has 0 unspecified atom stereocenters. The smallest absolute Gasteiger partial charge is 0.283 e. The quantitative estimate of drug-likeness (QED) is 0.506. The first kappa shape index (κ1) is 13.7. The average Bonchev–Trinajstić information content (AvgIpc) is 2.15. The zero-order chi connectivity index (χ0) is 13.1. The summed E-state index contributed by atoms with van der Waals surface area (Å²) in [5, 5.41) is 10.3. The Bertz CT molecular complexity index is 534. The normalized spacial score (nSPS) is 11.2. The zero-order valence-corrected chi connectivity index (χ0v) is 9.96. The molecule has 0 aliphatic carbocycles. The third-order valence-electron chi connectivity index (χ3n) is 1.76. The number of nitro benzene ring substituents is 1. The SMILES string of the molecule is O=[N+]([O-])c1ccc(NS(=O)(=O)CCCl)cc1F. The minimum atomic E-state index is -3.65. The predicted molar refractivity (Wildman–Crippen MR) is 61.2 cm³/mol. The number of alkyl halides is 1. The van der Waals surface area contributed by atoms with Crippen LogP contribution < -0.4 is 4.72 Å². The molecule has 0 aliphatic rings. The van der Waals surface area contributed by atoms with Crippen LogP contribution in [0, 0.1) is 15.9 Å². The van der Waals surface area contributed by atoms with Gasteiger partial charge >= 0.3 is 5.69 Å². The molecular formula is C8H8ClFN2O4S. The summed E-state index contributed by atoms with van der Waals surface area (Å²) >= 11 is 5.27. The van der Waals surface area contributed by atoms with E-state index in [2.05, 4.69) is 4.72 Å². The van der Waals surface area contributed by atoms with Crippen molar-refractivity contribution in [1.82, 2.24) is 0 Å². The van der Waals surface area contributed by atoms with E-state index in [4.69, 9.17) is 11.6 Å². The van der Waals surface area contributed by atoms with Crippen LogP contribution in [0.5, 0.6) is 0 Å². The number of hydrogen-bond donors (Lipinski definition) is 1. The third-order valence-corrected chi connectivity index (χ3v) is 3.46. The van der Waals surface area contributed by atoms with Crippen LogP contribution in [0.3, 0.4) is 0 Å². The van der Waals surface area contributed by atoms with Crippen LogP contribution in [0.1, 0.15) is 0 Å². The largest absolute Gasteiger partial charge is 0.304 e. The highest BCUT2D eigenvalue weighted by Crippen LogP contribution is 2.21. The summed E-state index contributed by atoms with van der Waals surface area (Å²) in [6.45, 7) is 0. The van der Waals surface area contributed by atoms with Gasteiger partial charge in [0.2, 0.25) is 15.8 Å². The topological polar surface area (TPSA) is 89.3 Å². The molecule has 0 saturated heterocycles. The van der Waals surface area contributed by atoms with Gasteiger partial charge in [-0.05, 0) is 6.07 Å². The Balaban J connectivity index is 2.96. The van der Waals surface area contributed by atoms with E-state index in [-0.39, 0.29) is 17.3 Å². The second-order valence-corrected chi connectivity index (χ2v) is 5.25. The summed E-state index contributed by atoms with van der Waals surface area (Å²) in [5.41, 5.74) is -0.802. The molecule has 94 valence electrons. The minimum Gasteiger partial charge on any atom is -0.283 e. The van der Waals surface area contributed by atoms with Crippen LogP contribution in [0.15, 0.2) is 18.2 Å². The molecule has 9 heteroatoms. The molecule has 0 bridgehead atoms. The average molecular weight is 283 g/mol. The third kappa shape index (κ3) is 3.82. The number of nitro groups is 1. The van der Waals surface area contributed by atoms with Gasteiger partial charge in [0.25, 0.3) is 0 Å². The van der Waals surface area contributed by atoms with Gasteiger partial charge in [-0.2, -0.15) is 4.39 Å². The van der Waals surface area contributed by atoms with Gasteiger partial charge in [-0.3, -0.25) is 14.8 Å². The Labute approximate surface area is 102 Å². The van der Waals surface area contributed by atoms with Gasteiger partial charge in [-0.1, -0.05) is 0 Å². The molecule has 0 saturated carbocycles. The van der Waals surface area contributed by atoms with Gasteiger partial charge in [0.1, 0.15) is 0 Å². The minimum absolute atomic E-state index is 0.0850. The number of halogens is 2. The van der Waals surface area contributed by atoms with E-state index in [0.29, 0.717) is 0 Å². The van der Waals surface area contributed by atoms with Crippen LogP contribution in [0.2, 0.25) is 0 Å². The predicted octanol–water partition coefficient (Wildman–Crippen LogP) is 1.71. The van der Waals surface area contributed by atoms with Gasteiger partial charge in [-0.25, -0.2) is 8.42 Å². The van der Waals surface area contributed by atoms with Crippen molar-refractivity contribution >= 4 is 33.0 Å². The molecule has 0 radical (unpaired) electrons. The Hall–Kier alpha value is -1.41. The highest BCUT2D eigenvalue weighted by molar-refractivity contribution is 7.92. The molecule has 1 rings (SSSR count). The van der Waals surface area contributed by atoms with Crippen molar-refractivity contribution in [2.24, 2.45) is 0 Å². The highest BCUT2D eigenvalue weighted by atomic mass is 35.5. The molecule has 0 spiro atoms. The maximum atomic E-state index is 13.2. The van der Waals surface area contributed by atoms with E-state index in [1.807, 2.05) is 0 Å². The van der Waals surface area contributed by atoms with Crippen molar-refractivity contribution in [2.45, 2.75) is 0 Å². The number of anilines is 1. The lowest BCUT2D eigenvalue weighted by Crippen LogP contribution is -2.17. The number of rotatable bonds is 5. The standard InChI is InChI=1S/C8H8ClFN2O4S/c9-3-4-17(15,16)11-6-1-2-8(12(13)14)7(10)5-6/h1-2,5,11H,3-4H2. The van der Waals surface area contributed by atoms with E-state index in [1.54, 1.807) is 0 Å². The van der Waals surface area contributed by atoms with Crippen molar-refractivity contribution < 1.29 is 17.7 Å².